The van der Waals surface area contributed by atoms with Crippen molar-refractivity contribution in [2.24, 2.45) is 11.8 Å². The Bertz CT molecular complexity index is 515. The van der Waals surface area contributed by atoms with Crippen molar-refractivity contribution < 1.29 is 9.90 Å². The van der Waals surface area contributed by atoms with Crippen molar-refractivity contribution in [2.45, 2.75) is 25.9 Å². The quantitative estimate of drug-likeness (QED) is 0.750. The Balaban J connectivity index is 1.78. The lowest BCUT2D eigenvalue weighted by molar-refractivity contribution is 0.0751. The molecule has 1 aliphatic heterocycles. The summed E-state index contributed by atoms with van der Waals surface area (Å²) in [5, 5.41) is 9.91. The van der Waals surface area contributed by atoms with Crippen molar-refractivity contribution in [1.29, 1.82) is 0 Å². The third kappa shape index (κ3) is 2.10. The number of nitrogen functional groups attached to an aromatic ring is 1. The van der Waals surface area contributed by atoms with Gasteiger partial charge in [0.25, 0.3) is 5.91 Å². The summed E-state index contributed by atoms with van der Waals surface area (Å²) in [6, 6.07) is 5.41. The van der Waals surface area contributed by atoms with E-state index < -0.39 is 0 Å². The molecule has 1 aromatic rings. The van der Waals surface area contributed by atoms with Gasteiger partial charge in [-0.25, -0.2) is 0 Å². The molecule has 19 heavy (non-hydrogen) atoms. The molecule has 1 aliphatic carbocycles. The zero-order chi connectivity index (χ0) is 13.6. The molecule has 3 unspecified atom stereocenters. The van der Waals surface area contributed by atoms with Crippen molar-refractivity contribution in [3.05, 3.63) is 29.3 Å². The molecule has 1 heterocycles. The van der Waals surface area contributed by atoms with Crippen LogP contribution in [0.25, 0.3) is 0 Å². The predicted octanol–water partition coefficient (Wildman–Crippen LogP) is 1.42. The van der Waals surface area contributed by atoms with Crippen molar-refractivity contribution in [1.82, 2.24) is 4.90 Å². The number of carbonyl (C=O) groups excluding carboxylic acids is 1. The van der Waals surface area contributed by atoms with Gasteiger partial charge in [0.2, 0.25) is 0 Å². The largest absolute Gasteiger partial charge is 0.399 e. The summed E-state index contributed by atoms with van der Waals surface area (Å²) in [7, 11) is 0. The first-order valence-corrected chi connectivity index (χ1v) is 6.89. The van der Waals surface area contributed by atoms with Gasteiger partial charge in [0.1, 0.15) is 0 Å². The van der Waals surface area contributed by atoms with Gasteiger partial charge in [0.15, 0.2) is 0 Å². The Labute approximate surface area is 113 Å². The lowest BCUT2D eigenvalue weighted by atomic mass is 10.00. The zero-order valence-electron chi connectivity index (χ0n) is 11.2. The molecule has 0 radical (unpaired) electrons. The number of aliphatic hydroxyl groups excluding tert-OH is 1. The summed E-state index contributed by atoms with van der Waals surface area (Å²) in [6.07, 6.45) is 1.70. The summed E-state index contributed by atoms with van der Waals surface area (Å²) < 4.78 is 0. The van der Waals surface area contributed by atoms with E-state index in [9.17, 15) is 9.90 Å². The molecule has 3 N–H and O–H groups in total. The summed E-state index contributed by atoms with van der Waals surface area (Å²) in [5.74, 6) is 0.824. The van der Waals surface area contributed by atoms with Crippen LogP contribution in [0.15, 0.2) is 18.2 Å². The fourth-order valence-corrected chi connectivity index (χ4v) is 3.50. The average Bonchev–Trinajstić information content (AvgIpc) is 2.91. The second-order valence-electron chi connectivity index (χ2n) is 5.85. The van der Waals surface area contributed by atoms with Gasteiger partial charge in [-0.2, -0.15) is 0 Å². The van der Waals surface area contributed by atoms with Crippen LogP contribution < -0.4 is 5.73 Å². The summed E-state index contributed by atoms with van der Waals surface area (Å²) in [5.41, 5.74) is 8.04. The monoisotopic (exact) mass is 260 g/mol. The molecular formula is C15H20N2O2. The molecule has 102 valence electrons. The molecule has 1 saturated carbocycles. The summed E-state index contributed by atoms with van der Waals surface area (Å²) in [4.78, 5) is 14.4. The van der Waals surface area contributed by atoms with Crippen LogP contribution in [-0.4, -0.2) is 35.1 Å². The minimum absolute atomic E-state index is 0.0686. The fourth-order valence-electron chi connectivity index (χ4n) is 3.50. The van der Waals surface area contributed by atoms with Crippen LogP contribution in [0.3, 0.4) is 0 Å². The van der Waals surface area contributed by atoms with E-state index >= 15 is 0 Å². The molecule has 2 fully saturated rings. The van der Waals surface area contributed by atoms with Crippen molar-refractivity contribution in [3.8, 4) is 0 Å². The Kier molecular flexibility index (Phi) is 2.97. The lowest BCUT2D eigenvalue weighted by Crippen LogP contribution is -2.31. The number of hydrogen-bond acceptors (Lipinski definition) is 3. The van der Waals surface area contributed by atoms with Crippen LogP contribution in [0.4, 0.5) is 5.69 Å². The van der Waals surface area contributed by atoms with E-state index in [-0.39, 0.29) is 17.9 Å². The number of nitrogens with two attached hydrogens (primary N) is 1. The molecule has 0 bridgehead atoms. The van der Waals surface area contributed by atoms with Gasteiger partial charge < -0.3 is 15.7 Å². The number of fused-ring (bicyclic) bond motifs is 1. The predicted molar refractivity (Wildman–Crippen MR) is 73.7 cm³/mol. The topological polar surface area (TPSA) is 66.6 Å². The Morgan fingerprint density at radius 2 is 2.16 bits per heavy atom. The zero-order valence-corrected chi connectivity index (χ0v) is 11.2. The molecule has 1 amide bonds. The summed E-state index contributed by atoms with van der Waals surface area (Å²) in [6.45, 7) is 3.38. The van der Waals surface area contributed by atoms with Crippen LogP contribution in [-0.2, 0) is 0 Å². The molecule has 3 rings (SSSR count). The van der Waals surface area contributed by atoms with Crippen molar-refractivity contribution in [2.75, 3.05) is 18.8 Å². The van der Waals surface area contributed by atoms with Crippen LogP contribution in [0.5, 0.6) is 0 Å². The lowest BCUT2D eigenvalue weighted by Gasteiger charge is -2.19. The van der Waals surface area contributed by atoms with Gasteiger partial charge in [0.05, 0.1) is 6.10 Å². The van der Waals surface area contributed by atoms with Crippen molar-refractivity contribution in [3.63, 3.8) is 0 Å². The third-order valence-corrected chi connectivity index (χ3v) is 4.59. The SMILES string of the molecule is Cc1cc(N)ccc1C(=O)N1CC2CCC(O)C2C1. The van der Waals surface area contributed by atoms with Crippen LogP contribution >= 0.6 is 0 Å². The number of likely N-dealkylation sites (tertiary alicyclic amines) is 1. The Morgan fingerprint density at radius 1 is 1.37 bits per heavy atom. The normalized spacial score (nSPS) is 29.6. The maximum atomic E-state index is 12.5. The number of aryl methyl sites for hydroxylation is 1. The van der Waals surface area contributed by atoms with Crippen LogP contribution in [0.2, 0.25) is 0 Å². The number of nitrogens with zero attached hydrogens (tertiary/aromatic N) is 1. The van der Waals surface area contributed by atoms with E-state index in [1.165, 1.54) is 0 Å². The average molecular weight is 260 g/mol. The molecule has 4 heteroatoms. The maximum Gasteiger partial charge on any atom is 0.254 e. The van der Waals surface area contributed by atoms with Crippen LogP contribution in [0.1, 0.15) is 28.8 Å². The van der Waals surface area contributed by atoms with E-state index in [0.717, 1.165) is 30.5 Å². The number of anilines is 1. The molecule has 0 spiro atoms. The van der Waals surface area contributed by atoms with Crippen LogP contribution in [0, 0.1) is 18.8 Å². The van der Waals surface area contributed by atoms with Gasteiger partial charge in [-0.05, 0) is 49.4 Å². The van der Waals surface area contributed by atoms with Gasteiger partial charge in [-0.15, -0.1) is 0 Å². The third-order valence-electron chi connectivity index (χ3n) is 4.59. The van der Waals surface area contributed by atoms with E-state index in [4.69, 9.17) is 5.73 Å². The number of amides is 1. The van der Waals surface area contributed by atoms with E-state index in [1.54, 1.807) is 12.1 Å². The molecule has 0 aromatic heterocycles. The Hall–Kier alpha value is -1.55. The Morgan fingerprint density at radius 3 is 2.84 bits per heavy atom. The highest BCUT2D eigenvalue weighted by Gasteiger charge is 2.43. The second-order valence-corrected chi connectivity index (χ2v) is 5.85. The number of carbonyl (C=O) groups is 1. The van der Waals surface area contributed by atoms with E-state index in [2.05, 4.69) is 0 Å². The summed E-state index contributed by atoms with van der Waals surface area (Å²) >= 11 is 0. The smallest absolute Gasteiger partial charge is 0.254 e. The number of hydrogen-bond donors (Lipinski definition) is 2. The van der Waals surface area contributed by atoms with Gasteiger partial charge in [-0.3, -0.25) is 4.79 Å². The first kappa shape index (κ1) is 12.5. The highest BCUT2D eigenvalue weighted by Crippen LogP contribution is 2.38. The molecule has 4 nitrogen and oxygen atoms in total. The van der Waals surface area contributed by atoms with Gasteiger partial charge >= 0.3 is 0 Å². The second kappa shape index (κ2) is 4.53. The fraction of sp³-hybridized carbons (Fsp3) is 0.533. The van der Waals surface area contributed by atoms with E-state index in [0.29, 0.717) is 18.2 Å². The molecular weight excluding hydrogens is 240 g/mol. The molecule has 3 atom stereocenters. The number of benzene rings is 1. The molecule has 1 saturated heterocycles. The number of rotatable bonds is 1. The standard InChI is InChI=1S/C15H20N2O2/c1-9-6-11(16)3-4-12(9)15(19)17-7-10-2-5-14(18)13(10)8-17/h3-4,6,10,13-14,18H,2,5,7-8,16H2,1H3. The van der Waals surface area contributed by atoms with Gasteiger partial charge in [0, 0.05) is 30.3 Å². The van der Waals surface area contributed by atoms with E-state index in [1.807, 2.05) is 17.9 Å². The minimum atomic E-state index is -0.227. The molecule has 1 aromatic carbocycles. The first-order valence-electron chi connectivity index (χ1n) is 6.89. The highest BCUT2D eigenvalue weighted by molar-refractivity contribution is 5.96. The molecule has 2 aliphatic rings. The minimum Gasteiger partial charge on any atom is -0.399 e. The number of aliphatic hydroxyl groups is 1. The maximum absolute atomic E-state index is 12.5. The van der Waals surface area contributed by atoms with Crippen molar-refractivity contribution >= 4 is 11.6 Å². The first-order chi connectivity index (χ1) is 9.06. The van der Waals surface area contributed by atoms with Gasteiger partial charge in [-0.1, -0.05) is 0 Å². The highest BCUT2D eigenvalue weighted by atomic mass is 16.3.